The van der Waals surface area contributed by atoms with Gasteiger partial charge in [-0.3, -0.25) is 0 Å². The van der Waals surface area contributed by atoms with E-state index in [1.165, 1.54) is 6.42 Å². The molecule has 0 spiro atoms. The van der Waals surface area contributed by atoms with E-state index in [0.717, 1.165) is 37.5 Å². The van der Waals surface area contributed by atoms with Crippen LogP contribution in [0.5, 0.6) is 5.75 Å². The van der Waals surface area contributed by atoms with Crippen LogP contribution >= 0.6 is 0 Å². The largest absolute Gasteiger partial charge is 0.497 e. The number of nitrogens with zero attached hydrogens (tertiary/aromatic N) is 3. The molecule has 2 aromatic rings. The van der Waals surface area contributed by atoms with Crippen LogP contribution in [0.1, 0.15) is 30.9 Å². The zero-order chi connectivity index (χ0) is 16.1. The third-order valence-corrected chi connectivity index (χ3v) is 3.92. The zero-order valence-corrected chi connectivity index (χ0v) is 13.2. The maximum atomic E-state index is 12.0. The van der Waals surface area contributed by atoms with Gasteiger partial charge in [0.25, 0.3) is 0 Å². The van der Waals surface area contributed by atoms with E-state index in [9.17, 15) is 4.79 Å². The highest BCUT2D eigenvalue weighted by molar-refractivity contribution is 5.89. The van der Waals surface area contributed by atoms with Crippen molar-refractivity contribution in [2.24, 2.45) is 0 Å². The predicted molar refractivity (Wildman–Crippen MR) is 86.4 cm³/mol. The molecule has 1 aromatic carbocycles. The van der Waals surface area contributed by atoms with Crippen LogP contribution in [0, 0.1) is 0 Å². The number of ether oxygens (including phenoxy) is 1. The van der Waals surface area contributed by atoms with E-state index in [1.807, 2.05) is 18.2 Å². The van der Waals surface area contributed by atoms with Crippen LogP contribution < -0.4 is 15.4 Å². The molecule has 0 saturated carbocycles. The van der Waals surface area contributed by atoms with E-state index >= 15 is 0 Å². The van der Waals surface area contributed by atoms with E-state index in [4.69, 9.17) is 4.74 Å². The van der Waals surface area contributed by atoms with Gasteiger partial charge in [0.05, 0.1) is 13.7 Å². The minimum Gasteiger partial charge on any atom is -0.497 e. The first-order chi connectivity index (χ1) is 11.3. The van der Waals surface area contributed by atoms with Crippen LogP contribution in [0.4, 0.5) is 10.5 Å². The van der Waals surface area contributed by atoms with Crippen molar-refractivity contribution >= 4 is 11.7 Å². The fourth-order valence-corrected chi connectivity index (χ4v) is 2.71. The Hall–Kier alpha value is -2.57. The number of benzene rings is 1. The number of nitrogens with one attached hydrogen (secondary N) is 2. The SMILES string of the molecule is COc1cccc(NC(=O)NCc2nnc3n2CCCCC3)c1. The smallest absolute Gasteiger partial charge is 0.319 e. The highest BCUT2D eigenvalue weighted by Crippen LogP contribution is 2.17. The van der Waals surface area contributed by atoms with Gasteiger partial charge in [-0.25, -0.2) is 4.79 Å². The van der Waals surface area contributed by atoms with E-state index in [2.05, 4.69) is 25.4 Å². The third-order valence-electron chi connectivity index (χ3n) is 3.92. The number of anilines is 1. The van der Waals surface area contributed by atoms with Gasteiger partial charge in [-0.15, -0.1) is 10.2 Å². The van der Waals surface area contributed by atoms with Gasteiger partial charge in [-0.1, -0.05) is 12.5 Å². The van der Waals surface area contributed by atoms with E-state index in [-0.39, 0.29) is 6.03 Å². The molecule has 3 rings (SSSR count). The molecule has 0 atom stereocenters. The van der Waals surface area contributed by atoms with Crippen LogP contribution in [0.3, 0.4) is 0 Å². The van der Waals surface area contributed by atoms with Crippen LogP contribution in [0.2, 0.25) is 0 Å². The fourth-order valence-electron chi connectivity index (χ4n) is 2.71. The van der Waals surface area contributed by atoms with Gasteiger partial charge >= 0.3 is 6.03 Å². The number of aromatic nitrogens is 3. The Bertz CT molecular complexity index is 683. The number of carbonyl (C=O) groups excluding carboxylic acids is 1. The van der Waals surface area contributed by atoms with Crippen molar-refractivity contribution < 1.29 is 9.53 Å². The maximum Gasteiger partial charge on any atom is 0.319 e. The van der Waals surface area contributed by atoms with E-state index in [0.29, 0.717) is 18.0 Å². The van der Waals surface area contributed by atoms with Crippen molar-refractivity contribution in [1.82, 2.24) is 20.1 Å². The van der Waals surface area contributed by atoms with Gasteiger partial charge in [-0.05, 0) is 25.0 Å². The lowest BCUT2D eigenvalue weighted by Crippen LogP contribution is -2.29. The van der Waals surface area contributed by atoms with Crippen molar-refractivity contribution in [2.45, 2.75) is 38.8 Å². The van der Waals surface area contributed by atoms with Gasteiger partial charge in [0, 0.05) is 24.7 Å². The molecule has 7 heteroatoms. The molecule has 0 bridgehead atoms. The normalized spacial score (nSPS) is 13.8. The Morgan fingerprint density at radius 3 is 3.09 bits per heavy atom. The number of aryl methyl sites for hydroxylation is 1. The molecule has 0 unspecified atom stereocenters. The Morgan fingerprint density at radius 1 is 1.30 bits per heavy atom. The number of amides is 2. The van der Waals surface area contributed by atoms with Gasteiger partial charge in [-0.2, -0.15) is 0 Å². The van der Waals surface area contributed by atoms with Crippen molar-refractivity contribution in [3.63, 3.8) is 0 Å². The second kappa shape index (κ2) is 7.13. The Labute approximate surface area is 135 Å². The number of hydrogen-bond donors (Lipinski definition) is 2. The summed E-state index contributed by atoms with van der Waals surface area (Å²) in [4.78, 5) is 12.0. The van der Waals surface area contributed by atoms with Crippen molar-refractivity contribution in [3.05, 3.63) is 35.9 Å². The lowest BCUT2D eigenvalue weighted by Gasteiger charge is -2.10. The number of carbonyl (C=O) groups is 1. The summed E-state index contributed by atoms with van der Waals surface area (Å²) in [5, 5.41) is 14.0. The monoisotopic (exact) mass is 315 g/mol. The summed E-state index contributed by atoms with van der Waals surface area (Å²) in [5.41, 5.74) is 0.682. The molecule has 1 aliphatic heterocycles. The van der Waals surface area contributed by atoms with Crippen LogP contribution in [-0.2, 0) is 19.5 Å². The molecule has 0 fully saturated rings. The molecule has 0 radical (unpaired) electrons. The number of rotatable bonds is 4. The van der Waals surface area contributed by atoms with Crippen LogP contribution in [-0.4, -0.2) is 27.9 Å². The van der Waals surface area contributed by atoms with Gasteiger partial charge in [0.15, 0.2) is 5.82 Å². The van der Waals surface area contributed by atoms with E-state index < -0.39 is 0 Å². The topological polar surface area (TPSA) is 81.1 Å². The minimum absolute atomic E-state index is 0.274. The predicted octanol–water partition coefficient (Wildman–Crippen LogP) is 2.33. The molecule has 2 heterocycles. The van der Waals surface area contributed by atoms with Gasteiger partial charge in [0.2, 0.25) is 0 Å². The number of fused-ring (bicyclic) bond motifs is 1. The quantitative estimate of drug-likeness (QED) is 0.907. The first kappa shape index (κ1) is 15.3. The number of hydrogen-bond acceptors (Lipinski definition) is 4. The first-order valence-corrected chi connectivity index (χ1v) is 7.86. The third kappa shape index (κ3) is 3.80. The van der Waals surface area contributed by atoms with Crippen LogP contribution in [0.25, 0.3) is 0 Å². The van der Waals surface area contributed by atoms with Gasteiger partial charge < -0.3 is 19.9 Å². The molecule has 122 valence electrons. The molecule has 23 heavy (non-hydrogen) atoms. The molecule has 1 aromatic heterocycles. The molecular formula is C16H21N5O2. The minimum atomic E-state index is -0.274. The zero-order valence-electron chi connectivity index (χ0n) is 13.2. The molecule has 7 nitrogen and oxygen atoms in total. The summed E-state index contributed by atoms with van der Waals surface area (Å²) in [6, 6.07) is 6.96. The van der Waals surface area contributed by atoms with E-state index in [1.54, 1.807) is 13.2 Å². The maximum absolute atomic E-state index is 12.0. The second-order valence-corrected chi connectivity index (χ2v) is 5.53. The van der Waals surface area contributed by atoms with Crippen molar-refractivity contribution in [1.29, 1.82) is 0 Å². The Morgan fingerprint density at radius 2 is 2.22 bits per heavy atom. The highest BCUT2D eigenvalue weighted by Gasteiger charge is 2.15. The molecular weight excluding hydrogens is 294 g/mol. The summed E-state index contributed by atoms with van der Waals surface area (Å²) < 4.78 is 7.26. The second-order valence-electron chi connectivity index (χ2n) is 5.53. The Balaban J connectivity index is 1.58. The van der Waals surface area contributed by atoms with Crippen LogP contribution in [0.15, 0.2) is 24.3 Å². The number of methoxy groups -OCH3 is 1. The van der Waals surface area contributed by atoms with Gasteiger partial charge in [0.1, 0.15) is 11.6 Å². The molecule has 0 saturated heterocycles. The van der Waals surface area contributed by atoms with Crippen molar-refractivity contribution in [3.8, 4) is 5.75 Å². The summed E-state index contributed by atoms with van der Waals surface area (Å²) in [5.74, 6) is 2.53. The lowest BCUT2D eigenvalue weighted by atomic mass is 10.2. The summed E-state index contributed by atoms with van der Waals surface area (Å²) in [7, 11) is 1.59. The average molecular weight is 315 g/mol. The summed E-state index contributed by atoms with van der Waals surface area (Å²) >= 11 is 0. The fraction of sp³-hybridized carbons (Fsp3) is 0.438. The highest BCUT2D eigenvalue weighted by atomic mass is 16.5. The molecule has 2 N–H and O–H groups in total. The molecule has 0 aliphatic carbocycles. The molecule has 1 aliphatic rings. The Kier molecular flexibility index (Phi) is 4.75. The lowest BCUT2D eigenvalue weighted by molar-refractivity contribution is 0.251. The molecule has 2 amide bonds. The average Bonchev–Trinajstić information content (AvgIpc) is 2.79. The standard InChI is InChI=1S/C16H21N5O2/c1-23-13-7-5-6-12(10-13)18-16(22)17-11-15-20-19-14-8-3-2-4-9-21(14)15/h5-7,10H,2-4,8-9,11H2,1H3,(H2,17,18,22). The number of urea groups is 1. The summed E-state index contributed by atoms with van der Waals surface area (Å²) in [6.07, 6.45) is 4.46. The summed E-state index contributed by atoms with van der Waals surface area (Å²) in [6.45, 7) is 1.29. The first-order valence-electron chi connectivity index (χ1n) is 7.86. The van der Waals surface area contributed by atoms with Crippen molar-refractivity contribution in [2.75, 3.05) is 12.4 Å².